The predicted molar refractivity (Wildman–Crippen MR) is 69.6 cm³/mol. The van der Waals surface area contributed by atoms with Gasteiger partial charge in [0.2, 0.25) is 5.13 Å². The summed E-state index contributed by atoms with van der Waals surface area (Å²) in [5.41, 5.74) is 1.43. The number of likely N-dealkylation sites (tertiary alicyclic amines) is 1. The van der Waals surface area contributed by atoms with E-state index in [9.17, 15) is 4.79 Å². The second-order valence-electron chi connectivity index (χ2n) is 4.75. The SMILES string of the molecule is C[C@@]1(CCCO)CCCN1C(=O)Nc1nncs1. The first-order chi connectivity index (χ1) is 8.65. The van der Waals surface area contributed by atoms with Gasteiger partial charge < -0.3 is 10.0 Å². The molecule has 0 radical (unpaired) electrons. The number of urea groups is 1. The quantitative estimate of drug-likeness (QED) is 0.872. The van der Waals surface area contributed by atoms with Gasteiger partial charge in [-0.25, -0.2) is 4.79 Å². The summed E-state index contributed by atoms with van der Waals surface area (Å²) in [5.74, 6) is 0. The third-order valence-electron chi connectivity index (χ3n) is 3.44. The molecule has 1 saturated heterocycles. The summed E-state index contributed by atoms with van der Waals surface area (Å²) >= 11 is 1.31. The van der Waals surface area contributed by atoms with Crippen LogP contribution in [0.5, 0.6) is 0 Å². The Morgan fingerprint density at radius 1 is 1.72 bits per heavy atom. The molecule has 18 heavy (non-hydrogen) atoms. The fraction of sp³-hybridized carbons (Fsp3) is 0.727. The molecule has 0 unspecified atom stereocenters. The molecule has 2 amide bonds. The Kier molecular flexibility index (Phi) is 4.13. The lowest BCUT2D eigenvalue weighted by atomic mass is 9.93. The molecular weight excluding hydrogens is 252 g/mol. The number of hydrogen-bond acceptors (Lipinski definition) is 5. The standard InChI is InChI=1S/C11H18N4O2S/c1-11(5-3-7-16)4-2-6-15(11)10(17)13-9-14-12-8-18-9/h8,16H,2-7H2,1H3,(H,13,14,17)/t11-/m0/s1. The number of anilines is 1. The van der Waals surface area contributed by atoms with E-state index in [2.05, 4.69) is 22.4 Å². The van der Waals surface area contributed by atoms with E-state index in [1.165, 1.54) is 11.3 Å². The van der Waals surface area contributed by atoms with Crippen LogP contribution in [0.2, 0.25) is 0 Å². The van der Waals surface area contributed by atoms with E-state index in [4.69, 9.17) is 5.11 Å². The number of hydrogen-bond donors (Lipinski definition) is 2. The smallest absolute Gasteiger partial charge is 0.324 e. The highest BCUT2D eigenvalue weighted by Gasteiger charge is 2.39. The number of aliphatic hydroxyl groups excluding tert-OH is 1. The van der Waals surface area contributed by atoms with Crippen LogP contribution in [0, 0.1) is 0 Å². The zero-order valence-electron chi connectivity index (χ0n) is 10.4. The summed E-state index contributed by atoms with van der Waals surface area (Å²) in [5, 5.41) is 19.7. The number of amides is 2. The Balaban J connectivity index is 1.99. The molecule has 1 atom stereocenters. The van der Waals surface area contributed by atoms with Gasteiger partial charge in [-0.05, 0) is 32.6 Å². The monoisotopic (exact) mass is 270 g/mol. The lowest BCUT2D eigenvalue weighted by molar-refractivity contribution is 0.151. The van der Waals surface area contributed by atoms with Gasteiger partial charge in [-0.15, -0.1) is 10.2 Å². The summed E-state index contributed by atoms with van der Waals surface area (Å²) in [4.78, 5) is 14.0. The fourth-order valence-electron chi connectivity index (χ4n) is 2.48. The van der Waals surface area contributed by atoms with Gasteiger partial charge in [0.25, 0.3) is 0 Å². The molecule has 0 spiro atoms. The molecule has 0 aliphatic carbocycles. The lowest BCUT2D eigenvalue weighted by Gasteiger charge is -2.35. The fourth-order valence-corrected chi connectivity index (χ4v) is 2.91. The summed E-state index contributed by atoms with van der Waals surface area (Å²) < 4.78 is 0. The predicted octanol–water partition coefficient (Wildman–Crippen LogP) is 1.70. The van der Waals surface area contributed by atoms with Gasteiger partial charge in [0, 0.05) is 18.7 Å². The topological polar surface area (TPSA) is 78.4 Å². The maximum atomic E-state index is 12.2. The van der Waals surface area contributed by atoms with Crippen molar-refractivity contribution < 1.29 is 9.90 Å². The van der Waals surface area contributed by atoms with Crippen LogP contribution >= 0.6 is 11.3 Å². The van der Waals surface area contributed by atoms with Crippen LogP contribution in [0.3, 0.4) is 0 Å². The molecule has 1 fully saturated rings. The van der Waals surface area contributed by atoms with Crippen molar-refractivity contribution in [3.63, 3.8) is 0 Å². The van der Waals surface area contributed by atoms with Crippen molar-refractivity contribution in [3.8, 4) is 0 Å². The van der Waals surface area contributed by atoms with Gasteiger partial charge in [-0.3, -0.25) is 5.32 Å². The highest BCUT2D eigenvalue weighted by atomic mass is 32.1. The number of nitrogens with zero attached hydrogens (tertiary/aromatic N) is 3. The van der Waals surface area contributed by atoms with Crippen molar-refractivity contribution in [1.29, 1.82) is 0 Å². The summed E-state index contributed by atoms with van der Waals surface area (Å²) in [6.07, 6.45) is 3.54. The number of aliphatic hydroxyl groups is 1. The van der Waals surface area contributed by atoms with E-state index in [0.717, 1.165) is 32.2 Å². The number of carbonyl (C=O) groups excluding carboxylic acids is 1. The van der Waals surface area contributed by atoms with Crippen molar-refractivity contribution >= 4 is 22.5 Å². The molecule has 0 saturated carbocycles. The Labute approximate surface area is 110 Å². The van der Waals surface area contributed by atoms with Crippen molar-refractivity contribution in [2.24, 2.45) is 0 Å². The van der Waals surface area contributed by atoms with Crippen LogP contribution in [0.1, 0.15) is 32.6 Å². The van der Waals surface area contributed by atoms with Crippen molar-refractivity contribution in [1.82, 2.24) is 15.1 Å². The number of nitrogens with one attached hydrogen (secondary N) is 1. The van der Waals surface area contributed by atoms with E-state index in [1.54, 1.807) is 5.51 Å². The number of aromatic nitrogens is 2. The van der Waals surface area contributed by atoms with Crippen LogP contribution in [-0.2, 0) is 0 Å². The minimum atomic E-state index is -0.155. The van der Waals surface area contributed by atoms with E-state index in [1.807, 2.05) is 4.90 Å². The Morgan fingerprint density at radius 3 is 3.22 bits per heavy atom. The van der Waals surface area contributed by atoms with Crippen LogP contribution < -0.4 is 5.32 Å². The Hall–Kier alpha value is -1.21. The maximum Gasteiger partial charge on any atom is 0.324 e. The van der Waals surface area contributed by atoms with Gasteiger partial charge in [-0.2, -0.15) is 0 Å². The summed E-state index contributed by atoms with van der Waals surface area (Å²) in [6.45, 7) is 3.00. The molecule has 0 bridgehead atoms. The van der Waals surface area contributed by atoms with E-state index in [-0.39, 0.29) is 18.2 Å². The minimum absolute atomic E-state index is 0.121. The second kappa shape index (κ2) is 5.62. The van der Waals surface area contributed by atoms with Gasteiger partial charge >= 0.3 is 6.03 Å². The second-order valence-corrected chi connectivity index (χ2v) is 5.59. The molecule has 0 aromatic carbocycles. The summed E-state index contributed by atoms with van der Waals surface area (Å²) in [6, 6.07) is -0.121. The zero-order chi connectivity index (χ0) is 13.0. The van der Waals surface area contributed by atoms with Crippen molar-refractivity contribution in [2.75, 3.05) is 18.5 Å². The third-order valence-corrected chi connectivity index (χ3v) is 4.05. The van der Waals surface area contributed by atoms with Crippen LogP contribution in [0.4, 0.5) is 9.93 Å². The molecule has 1 aliphatic heterocycles. The highest BCUT2D eigenvalue weighted by molar-refractivity contribution is 7.13. The molecule has 2 N–H and O–H groups in total. The molecule has 6 nitrogen and oxygen atoms in total. The molecule has 100 valence electrons. The molecular formula is C11H18N4O2S. The Bertz CT molecular complexity index is 398. The van der Waals surface area contributed by atoms with Gasteiger partial charge in [0.1, 0.15) is 5.51 Å². The van der Waals surface area contributed by atoms with E-state index >= 15 is 0 Å². The van der Waals surface area contributed by atoms with E-state index in [0.29, 0.717) is 5.13 Å². The van der Waals surface area contributed by atoms with Gasteiger partial charge in [0.05, 0.1) is 0 Å². The average molecular weight is 270 g/mol. The van der Waals surface area contributed by atoms with E-state index < -0.39 is 0 Å². The third kappa shape index (κ3) is 2.78. The zero-order valence-corrected chi connectivity index (χ0v) is 11.2. The number of rotatable bonds is 4. The van der Waals surface area contributed by atoms with Gasteiger partial charge in [-0.1, -0.05) is 11.3 Å². The first kappa shape index (κ1) is 13.2. The normalized spacial score (nSPS) is 23.3. The molecule has 7 heteroatoms. The van der Waals surface area contributed by atoms with Crippen LogP contribution in [-0.4, -0.2) is 44.9 Å². The highest BCUT2D eigenvalue weighted by Crippen LogP contribution is 2.33. The molecule has 2 heterocycles. The average Bonchev–Trinajstić information content (AvgIpc) is 2.96. The molecule has 1 aliphatic rings. The van der Waals surface area contributed by atoms with Gasteiger partial charge in [0.15, 0.2) is 0 Å². The Morgan fingerprint density at radius 2 is 2.56 bits per heavy atom. The maximum absolute atomic E-state index is 12.2. The van der Waals surface area contributed by atoms with Crippen molar-refractivity contribution in [3.05, 3.63) is 5.51 Å². The molecule has 1 aromatic heterocycles. The van der Waals surface area contributed by atoms with Crippen molar-refractivity contribution in [2.45, 2.75) is 38.1 Å². The van der Waals surface area contributed by atoms with Crippen LogP contribution in [0.15, 0.2) is 5.51 Å². The summed E-state index contributed by atoms with van der Waals surface area (Å²) in [7, 11) is 0. The first-order valence-corrected chi connectivity index (χ1v) is 6.99. The largest absolute Gasteiger partial charge is 0.396 e. The molecule has 2 rings (SSSR count). The minimum Gasteiger partial charge on any atom is -0.396 e. The first-order valence-electron chi connectivity index (χ1n) is 6.11. The molecule has 1 aromatic rings. The van der Waals surface area contributed by atoms with Crippen LogP contribution in [0.25, 0.3) is 0 Å². The number of carbonyl (C=O) groups is 1. The lowest BCUT2D eigenvalue weighted by Crippen LogP contribution is -2.47.